The highest BCUT2D eigenvalue weighted by atomic mass is 16.4. The highest BCUT2D eigenvalue weighted by molar-refractivity contribution is 5.83. The summed E-state index contributed by atoms with van der Waals surface area (Å²) in [6.07, 6.45) is 3.10. The lowest BCUT2D eigenvalue weighted by Gasteiger charge is -2.37. The number of carbonyl (C=O) groups excluding carboxylic acids is 1. The molecule has 2 aliphatic heterocycles. The van der Waals surface area contributed by atoms with E-state index >= 15 is 0 Å². The summed E-state index contributed by atoms with van der Waals surface area (Å²) in [6, 6.07) is -1.03. The van der Waals surface area contributed by atoms with Crippen molar-refractivity contribution in [2.24, 2.45) is 5.92 Å². The van der Waals surface area contributed by atoms with E-state index in [1.807, 2.05) is 13.8 Å². The van der Waals surface area contributed by atoms with E-state index in [0.29, 0.717) is 19.3 Å². The molecule has 0 radical (unpaired) electrons. The Balaban J connectivity index is 1.99. The Labute approximate surface area is 119 Å². The molecule has 0 aromatic rings. The van der Waals surface area contributed by atoms with Crippen molar-refractivity contribution in [3.05, 3.63) is 0 Å². The van der Waals surface area contributed by atoms with E-state index in [1.165, 1.54) is 0 Å². The molecule has 2 unspecified atom stereocenters. The number of hydrogen-bond acceptors (Lipinski definition) is 3. The van der Waals surface area contributed by atoms with Crippen molar-refractivity contribution in [1.29, 1.82) is 0 Å². The summed E-state index contributed by atoms with van der Waals surface area (Å²) in [7, 11) is 0. The van der Waals surface area contributed by atoms with E-state index in [1.54, 1.807) is 4.90 Å². The molecule has 2 fully saturated rings. The van der Waals surface area contributed by atoms with Gasteiger partial charge in [0.1, 0.15) is 6.04 Å². The quantitative estimate of drug-likeness (QED) is 0.723. The molecule has 2 rings (SSSR count). The third-order valence-electron chi connectivity index (χ3n) is 4.25. The molecule has 2 bridgehead atoms. The number of hydrogen-bond donors (Lipinski definition) is 3. The first kappa shape index (κ1) is 15.1. The zero-order chi connectivity index (χ0) is 14.9. The van der Waals surface area contributed by atoms with Crippen LogP contribution in [-0.2, 0) is 4.79 Å². The third kappa shape index (κ3) is 3.23. The number of nitrogens with one attached hydrogen (secondary N) is 1. The summed E-state index contributed by atoms with van der Waals surface area (Å²) < 4.78 is 0. The molecule has 0 spiro atoms. The van der Waals surface area contributed by atoms with Crippen LogP contribution in [0.2, 0.25) is 0 Å². The van der Waals surface area contributed by atoms with Crippen LogP contribution in [0.25, 0.3) is 0 Å². The summed E-state index contributed by atoms with van der Waals surface area (Å²) in [4.78, 5) is 25.3. The van der Waals surface area contributed by atoms with Crippen molar-refractivity contribution in [1.82, 2.24) is 10.2 Å². The van der Waals surface area contributed by atoms with E-state index in [4.69, 9.17) is 0 Å². The Hall–Kier alpha value is -1.30. The first-order valence-electron chi connectivity index (χ1n) is 7.38. The van der Waals surface area contributed by atoms with Crippen molar-refractivity contribution in [3.63, 3.8) is 0 Å². The van der Waals surface area contributed by atoms with Crippen LogP contribution in [0.4, 0.5) is 4.79 Å². The molecule has 2 saturated heterocycles. The molecule has 2 amide bonds. The van der Waals surface area contributed by atoms with E-state index in [9.17, 15) is 19.8 Å². The highest BCUT2D eigenvalue weighted by Crippen LogP contribution is 2.35. The van der Waals surface area contributed by atoms with Gasteiger partial charge in [0.25, 0.3) is 0 Å². The maximum absolute atomic E-state index is 12.3. The predicted molar refractivity (Wildman–Crippen MR) is 73.3 cm³/mol. The van der Waals surface area contributed by atoms with Crippen LogP contribution in [0.5, 0.6) is 0 Å². The molecular formula is C14H24N2O4. The molecule has 114 valence electrons. The van der Waals surface area contributed by atoms with Gasteiger partial charge in [-0.2, -0.15) is 0 Å². The van der Waals surface area contributed by atoms with Gasteiger partial charge in [-0.25, -0.2) is 9.59 Å². The average molecular weight is 284 g/mol. The van der Waals surface area contributed by atoms with Crippen LogP contribution >= 0.6 is 0 Å². The maximum atomic E-state index is 12.3. The van der Waals surface area contributed by atoms with Gasteiger partial charge in [-0.3, -0.25) is 0 Å². The topological polar surface area (TPSA) is 89.9 Å². The van der Waals surface area contributed by atoms with Crippen LogP contribution in [0, 0.1) is 5.92 Å². The third-order valence-corrected chi connectivity index (χ3v) is 4.25. The van der Waals surface area contributed by atoms with Crippen molar-refractivity contribution in [2.75, 3.05) is 0 Å². The largest absolute Gasteiger partial charge is 0.480 e. The molecule has 0 aromatic carbocycles. The minimum atomic E-state index is -0.989. The fourth-order valence-corrected chi connectivity index (χ4v) is 3.40. The minimum absolute atomic E-state index is 0.0530. The fraction of sp³-hybridized carbons (Fsp3) is 0.857. The number of nitrogens with zero attached hydrogens (tertiary/aromatic N) is 1. The lowest BCUT2D eigenvalue weighted by Crippen LogP contribution is -2.55. The average Bonchev–Trinajstić information content (AvgIpc) is 2.60. The molecule has 20 heavy (non-hydrogen) atoms. The first-order valence-corrected chi connectivity index (χ1v) is 7.38. The number of carbonyl (C=O) groups is 2. The number of aliphatic hydroxyl groups is 1. The van der Waals surface area contributed by atoms with Crippen LogP contribution in [0.15, 0.2) is 0 Å². The number of rotatable bonds is 4. The molecule has 2 heterocycles. The van der Waals surface area contributed by atoms with Crippen molar-refractivity contribution < 1.29 is 19.8 Å². The summed E-state index contributed by atoms with van der Waals surface area (Å²) in [5.74, 6) is -0.784. The summed E-state index contributed by atoms with van der Waals surface area (Å²) in [6.45, 7) is 3.87. The Bertz CT molecular complexity index is 371. The van der Waals surface area contributed by atoms with Crippen molar-refractivity contribution >= 4 is 12.0 Å². The van der Waals surface area contributed by atoms with Crippen LogP contribution < -0.4 is 5.32 Å². The predicted octanol–water partition coefficient (Wildman–Crippen LogP) is 1.18. The minimum Gasteiger partial charge on any atom is -0.480 e. The van der Waals surface area contributed by atoms with E-state index < -0.39 is 12.0 Å². The van der Waals surface area contributed by atoms with E-state index in [2.05, 4.69) is 5.32 Å². The molecule has 0 aromatic heterocycles. The number of amides is 2. The number of aliphatic carboxylic acids is 1. The van der Waals surface area contributed by atoms with Crippen LogP contribution in [-0.4, -0.2) is 51.3 Å². The molecule has 6 nitrogen and oxygen atoms in total. The molecule has 2 aliphatic rings. The van der Waals surface area contributed by atoms with Gasteiger partial charge >= 0.3 is 12.0 Å². The Kier molecular flexibility index (Phi) is 4.52. The van der Waals surface area contributed by atoms with Crippen molar-refractivity contribution in [3.8, 4) is 0 Å². The first-order chi connectivity index (χ1) is 9.38. The van der Waals surface area contributed by atoms with Gasteiger partial charge < -0.3 is 20.4 Å². The smallest absolute Gasteiger partial charge is 0.326 e. The second-order valence-corrected chi connectivity index (χ2v) is 6.39. The van der Waals surface area contributed by atoms with Gasteiger partial charge in [-0.05, 0) is 38.0 Å². The number of carboxylic acids is 1. The Morgan fingerprint density at radius 2 is 1.80 bits per heavy atom. The maximum Gasteiger partial charge on any atom is 0.326 e. The number of aliphatic hydroxyl groups excluding tert-OH is 1. The Morgan fingerprint density at radius 3 is 2.25 bits per heavy atom. The monoisotopic (exact) mass is 284 g/mol. The highest BCUT2D eigenvalue weighted by Gasteiger charge is 2.43. The molecule has 6 heteroatoms. The summed E-state index contributed by atoms with van der Waals surface area (Å²) >= 11 is 0. The molecular weight excluding hydrogens is 260 g/mol. The van der Waals surface area contributed by atoms with Gasteiger partial charge in [0, 0.05) is 12.1 Å². The SMILES string of the molecule is CC(C)C[C@@H](NC(=O)N1C2CCC1CC(O)C2)C(=O)O. The number of piperidine rings is 1. The van der Waals surface area contributed by atoms with Gasteiger partial charge in [-0.1, -0.05) is 13.8 Å². The lowest BCUT2D eigenvalue weighted by molar-refractivity contribution is -0.139. The Morgan fingerprint density at radius 1 is 1.25 bits per heavy atom. The van der Waals surface area contributed by atoms with Crippen molar-refractivity contribution in [2.45, 2.75) is 70.2 Å². The van der Waals surface area contributed by atoms with Crippen LogP contribution in [0.1, 0.15) is 46.0 Å². The van der Waals surface area contributed by atoms with Gasteiger partial charge in [-0.15, -0.1) is 0 Å². The molecule has 0 aliphatic carbocycles. The standard InChI is InChI=1S/C14H24N2O4/c1-8(2)5-12(13(18)19)15-14(20)16-9-3-4-10(16)7-11(17)6-9/h8-12,17H,3-7H2,1-2H3,(H,15,20)(H,18,19)/t9?,10?,11?,12-/m1/s1. The van der Waals surface area contributed by atoms with Gasteiger partial charge in [0.05, 0.1) is 6.10 Å². The zero-order valence-electron chi connectivity index (χ0n) is 12.1. The lowest BCUT2D eigenvalue weighted by atomic mass is 10.00. The number of carboxylic acid groups (broad SMARTS) is 1. The normalized spacial score (nSPS) is 30.4. The number of urea groups is 1. The molecule has 3 N–H and O–H groups in total. The molecule has 0 saturated carbocycles. The summed E-state index contributed by atoms with van der Waals surface area (Å²) in [5, 5.41) is 21.6. The van der Waals surface area contributed by atoms with Gasteiger partial charge in [0.15, 0.2) is 0 Å². The van der Waals surface area contributed by atoms with E-state index in [-0.39, 0.29) is 30.1 Å². The number of fused-ring (bicyclic) bond motifs is 2. The molecule has 3 atom stereocenters. The second kappa shape index (κ2) is 5.99. The van der Waals surface area contributed by atoms with Gasteiger partial charge in [0.2, 0.25) is 0 Å². The van der Waals surface area contributed by atoms with E-state index in [0.717, 1.165) is 12.8 Å². The fourth-order valence-electron chi connectivity index (χ4n) is 3.40. The van der Waals surface area contributed by atoms with Crippen LogP contribution in [0.3, 0.4) is 0 Å². The summed E-state index contributed by atoms with van der Waals surface area (Å²) in [5.41, 5.74) is 0. The second-order valence-electron chi connectivity index (χ2n) is 6.39. The zero-order valence-corrected chi connectivity index (χ0v) is 12.1.